The number of carbonyl (C=O) groups excluding carboxylic acids is 2. The zero-order valence-electron chi connectivity index (χ0n) is 17.2. The number of amides is 1. The van der Waals surface area contributed by atoms with E-state index in [0.717, 1.165) is 0 Å². The minimum absolute atomic E-state index is 0.0692. The van der Waals surface area contributed by atoms with Crippen molar-refractivity contribution in [2.75, 3.05) is 26.6 Å². The molecule has 8 nitrogen and oxygen atoms in total. The zero-order valence-corrected chi connectivity index (χ0v) is 20.3. The Bertz CT molecular complexity index is 983. The summed E-state index contributed by atoms with van der Waals surface area (Å²) < 4.78 is 13.1. The second-order valence-electron chi connectivity index (χ2n) is 6.19. The molecular weight excluding hydrogens is 501 g/mol. The van der Waals surface area contributed by atoms with Crippen molar-refractivity contribution < 1.29 is 23.8 Å². The summed E-state index contributed by atoms with van der Waals surface area (Å²) in [5.41, 5.74) is 1.18. The maximum absolute atomic E-state index is 12.7. The molecule has 0 fully saturated rings. The maximum atomic E-state index is 12.7. The van der Waals surface area contributed by atoms with Gasteiger partial charge in [0.05, 0.1) is 26.9 Å². The molecule has 12 heteroatoms. The van der Waals surface area contributed by atoms with Gasteiger partial charge in [-0.1, -0.05) is 34.8 Å². The molecule has 1 amide bonds. The van der Waals surface area contributed by atoms with Gasteiger partial charge in [0.1, 0.15) is 6.17 Å². The Morgan fingerprint density at radius 3 is 2.03 bits per heavy atom. The van der Waals surface area contributed by atoms with E-state index in [9.17, 15) is 9.59 Å². The Labute approximate surface area is 205 Å². The summed E-state index contributed by atoms with van der Waals surface area (Å²) in [7, 11) is 4.23. The third-order valence-corrected chi connectivity index (χ3v) is 4.96. The van der Waals surface area contributed by atoms with Crippen molar-refractivity contribution >= 4 is 69.7 Å². The van der Waals surface area contributed by atoms with E-state index in [4.69, 9.17) is 56.5 Å². The van der Waals surface area contributed by atoms with Gasteiger partial charge in [0.25, 0.3) is 5.91 Å². The number of hydrogen-bond acceptors (Lipinski definition) is 6. The quantitative estimate of drug-likeness (QED) is 0.219. The van der Waals surface area contributed by atoms with E-state index in [0.29, 0.717) is 22.7 Å². The number of halogens is 3. The van der Waals surface area contributed by atoms with Gasteiger partial charge < -0.3 is 30.2 Å². The van der Waals surface area contributed by atoms with Gasteiger partial charge in [-0.25, -0.2) is 4.79 Å². The Morgan fingerprint density at radius 1 is 0.906 bits per heavy atom. The molecule has 2 aromatic carbocycles. The molecule has 0 aromatic heterocycles. The molecule has 3 N–H and O–H groups in total. The summed E-state index contributed by atoms with van der Waals surface area (Å²) >= 11 is 23.3. The van der Waals surface area contributed by atoms with Gasteiger partial charge in [0.2, 0.25) is 3.79 Å². The van der Waals surface area contributed by atoms with Gasteiger partial charge in [-0.2, -0.15) is 0 Å². The number of carbonyl (C=O) groups is 2. The van der Waals surface area contributed by atoms with Gasteiger partial charge >= 0.3 is 5.97 Å². The number of anilines is 1. The first kappa shape index (κ1) is 25.8. The smallest absolute Gasteiger partial charge is 0.337 e. The average molecular weight is 521 g/mol. The number of benzene rings is 2. The minimum Gasteiger partial charge on any atom is -0.493 e. The second-order valence-corrected chi connectivity index (χ2v) is 8.96. The standard InChI is InChI=1S/C20H20Cl3N3O5S/c1-29-14-9-6-12(10-15(14)30-2)16(27)25-18(20(21,22)23)26-19(32)24-13-7-4-11(5-8-13)17(28)31-3/h4-10,18H,1-3H3,(H,25,27)(H2,24,26,32)/t18-/m0/s1. The van der Waals surface area contributed by atoms with E-state index in [2.05, 4.69) is 20.7 Å². The summed E-state index contributed by atoms with van der Waals surface area (Å²) in [6.07, 6.45) is -1.18. The SMILES string of the molecule is COC(=O)c1ccc(NC(=S)N[C@H](NC(=O)c2ccc(OC)c(OC)c2)C(Cl)(Cl)Cl)cc1. The molecular formula is C20H20Cl3N3O5S. The predicted octanol–water partition coefficient (Wildman–Crippen LogP) is 3.90. The molecule has 0 saturated heterocycles. The minimum atomic E-state index is -1.94. The first-order valence-corrected chi connectivity index (χ1v) is 10.5. The largest absolute Gasteiger partial charge is 0.493 e. The topological polar surface area (TPSA) is 97.9 Å². The lowest BCUT2D eigenvalue weighted by Gasteiger charge is -2.28. The molecule has 0 spiro atoms. The van der Waals surface area contributed by atoms with Crippen LogP contribution in [-0.4, -0.2) is 48.3 Å². The van der Waals surface area contributed by atoms with Crippen LogP contribution in [0.2, 0.25) is 0 Å². The Hall–Kier alpha value is -2.46. The van der Waals surface area contributed by atoms with E-state index < -0.39 is 21.8 Å². The van der Waals surface area contributed by atoms with Crippen LogP contribution < -0.4 is 25.4 Å². The fourth-order valence-corrected chi connectivity index (χ4v) is 3.06. The van der Waals surface area contributed by atoms with Gasteiger partial charge in [-0.05, 0) is 54.7 Å². The number of hydrogen-bond donors (Lipinski definition) is 3. The molecule has 1 atom stereocenters. The molecule has 0 saturated carbocycles. The van der Waals surface area contributed by atoms with E-state index >= 15 is 0 Å². The van der Waals surface area contributed by atoms with Crippen LogP contribution >= 0.6 is 47.0 Å². The third kappa shape index (κ3) is 7.03. The van der Waals surface area contributed by atoms with Crippen molar-refractivity contribution in [3.05, 3.63) is 53.6 Å². The summed E-state index contributed by atoms with van der Waals surface area (Å²) in [5.74, 6) is -0.179. The molecule has 32 heavy (non-hydrogen) atoms. The highest BCUT2D eigenvalue weighted by Crippen LogP contribution is 2.30. The summed E-state index contributed by atoms with van der Waals surface area (Å²) in [6, 6.07) is 11.0. The zero-order chi connectivity index (χ0) is 23.9. The fraction of sp³-hybridized carbons (Fsp3) is 0.250. The van der Waals surface area contributed by atoms with Crippen LogP contribution in [0.1, 0.15) is 20.7 Å². The number of thiocarbonyl (C=S) groups is 1. The first-order valence-electron chi connectivity index (χ1n) is 8.94. The van der Waals surface area contributed by atoms with E-state index in [1.807, 2.05) is 0 Å². The molecule has 2 rings (SSSR count). The van der Waals surface area contributed by atoms with Gasteiger partial charge in [0, 0.05) is 11.3 Å². The molecule has 172 valence electrons. The monoisotopic (exact) mass is 519 g/mol. The van der Waals surface area contributed by atoms with Gasteiger partial charge in [-0.3, -0.25) is 4.79 Å². The molecule has 0 aliphatic carbocycles. The van der Waals surface area contributed by atoms with Crippen LogP contribution in [0.5, 0.6) is 11.5 Å². The number of methoxy groups -OCH3 is 3. The molecule has 0 aliphatic heterocycles. The summed E-state index contributed by atoms with van der Waals surface area (Å²) in [6.45, 7) is 0. The number of esters is 1. The highest BCUT2D eigenvalue weighted by atomic mass is 35.6. The van der Waals surface area contributed by atoms with Crippen LogP contribution in [0, 0.1) is 0 Å². The van der Waals surface area contributed by atoms with Crippen LogP contribution in [0.25, 0.3) is 0 Å². The van der Waals surface area contributed by atoms with Gasteiger partial charge in [0.15, 0.2) is 16.6 Å². The van der Waals surface area contributed by atoms with Crippen molar-refractivity contribution in [3.63, 3.8) is 0 Å². The Balaban J connectivity index is 2.09. The van der Waals surface area contributed by atoms with Crippen molar-refractivity contribution in [3.8, 4) is 11.5 Å². The molecule has 0 unspecified atom stereocenters. The number of rotatable bonds is 7. The highest BCUT2D eigenvalue weighted by Gasteiger charge is 2.35. The number of ether oxygens (including phenoxy) is 3. The third-order valence-electron chi connectivity index (χ3n) is 4.09. The van der Waals surface area contributed by atoms with E-state index in [-0.39, 0.29) is 10.7 Å². The van der Waals surface area contributed by atoms with Crippen molar-refractivity contribution in [1.29, 1.82) is 0 Å². The van der Waals surface area contributed by atoms with Crippen LogP contribution in [0.15, 0.2) is 42.5 Å². The maximum Gasteiger partial charge on any atom is 0.337 e. The van der Waals surface area contributed by atoms with E-state index in [1.165, 1.54) is 33.5 Å². The normalized spacial score (nSPS) is 11.7. The van der Waals surface area contributed by atoms with Crippen molar-refractivity contribution in [2.45, 2.75) is 9.96 Å². The average Bonchev–Trinajstić information content (AvgIpc) is 2.77. The van der Waals surface area contributed by atoms with Crippen molar-refractivity contribution in [1.82, 2.24) is 10.6 Å². The molecule has 0 bridgehead atoms. The summed E-state index contributed by atoms with van der Waals surface area (Å²) in [5, 5.41) is 8.28. The number of alkyl halides is 3. The second kappa shape index (κ2) is 11.4. The van der Waals surface area contributed by atoms with Gasteiger partial charge in [-0.15, -0.1) is 0 Å². The molecule has 2 aromatic rings. The molecule has 0 aliphatic rings. The van der Waals surface area contributed by atoms with Crippen molar-refractivity contribution in [2.24, 2.45) is 0 Å². The van der Waals surface area contributed by atoms with Crippen LogP contribution in [-0.2, 0) is 4.74 Å². The molecule has 0 radical (unpaired) electrons. The number of nitrogens with one attached hydrogen (secondary N) is 3. The highest BCUT2D eigenvalue weighted by molar-refractivity contribution is 7.80. The predicted molar refractivity (Wildman–Crippen MR) is 128 cm³/mol. The van der Waals surface area contributed by atoms with Crippen LogP contribution in [0.3, 0.4) is 0 Å². The summed E-state index contributed by atoms with van der Waals surface area (Å²) in [4.78, 5) is 24.2. The lowest BCUT2D eigenvalue weighted by molar-refractivity contribution is 0.0600. The molecule has 0 heterocycles. The Kier molecular flexibility index (Phi) is 9.21. The first-order chi connectivity index (χ1) is 15.1. The lowest BCUT2D eigenvalue weighted by atomic mass is 10.2. The van der Waals surface area contributed by atoms with Crippen LogP contribution in [0.4, 0.5) is 5.69 Å². The van der Waals surface area contributed by atoms with E-state index in [1.54, 1.807) is 30.3 Å². The fourth-order valence-electron chi connectivity index (χ4n) is 2.50. The lowest BCUT2D eigenvalue weighted by Crippen LogP contribution is -2.56. The Morgan fingerprint density at radius 2 is 1.50 bits per heavy atom.